The molecule has 0 radical (unpaired) electrons. The molecule has 0 saturated carbocycles. The number of benzene rings is 1. The molecule has 0 amide bonds. The minimum absolute atomic E-state index is 0.0603. The van der Waals surface area contributed by atoms with Crippen molar-refractivity contribution in [3.63, 3.8) is 0 Å². The SMILES string of the molecule is CCC(N)C(c1cccc(Cl)c1)N(C)Cc1cnn(C)c1. The monoisotopic (exact) mass is 306 g/mol. The lowest BCUT2D eigenvalue weighted by atomic mass is 9.96. The second-order valence-corrected chi connectivity index (χ2v) is 5.95. The predicted octanol–water partition coefficient (Wildman–Crippen LogP) is 2.98. The maximum absolute atomic E-state index is 6.35. The third-order valence-electron chi connectivity index (χ3n) is 3.73. The quantitative estimate of drug-likeness (QED) is 0.892. The van der Waals surface area contributed by atoms with Gasteiger partial charge in [-0.2, -0.15) is 5.10 Å². The van der Waals surface area contributed by atoms with Crippen LogP contribution in [0.1, 0.15) is 30.5 Å². The second-order valence-electron chi connectivity index (χ2n) is 5.51. The Bertz CT molecular complexity index is 581. The number of halogens is 1. The average molecular weight is 307 g/mol. The summed E-state index contributed by atoms with van der Waals surface area (Å²) in [7, 11) is 4.02. The molecule has 0 fully saturated rings. The zero-order valence-corrected chi connectivity index (χ0v) is 13.6. The lowest BCUT2D eigenvalue weighted by Gasteiger charge is -2.32. The van der Waals surface area contributed by atoms with E-state index in [1.165, 1.54) is 5.56 Å². The number of hydrogen-bond donors (Lipinski definition) is 1. The van der Waals surface area contributed by atoms with Gasteiger partial charge in [0.2, 0.25) is 0 Å². The molecule has 4 nitrogen and oxygen atoms in total. The molecular weight excluding hydrogens is 284 g/mol. The Balaban J connectivity index is 2.23. The molecule has 0 spiro atoms. The van der Waals surface area contributed by atoms with Crippen molar-refractivity contribution in [1.29, 1.82) is 0 Å². The van der Waals surface area contributed by atoms with Crippen LogP contribution in [0.4, 0.5) is 0 Å². The molecule has 1 heterocycles. The van der Waals surface area contributed by atoms with E-state index in [4.69, 9.17) is 17.3 Å². The van der Waals surface area contributed by atoms with Crippen LogP contribution in [0.25, 0.3) is 0 Å². The number of aromatic nitrogens is 2. The third kappa shape index (κ3) is 4.06. The number of nitrogens with two attached hydrogens (primary N) is 1. The van der Waals surface area contributed by atoms with Gasteiger partial charge in [-0.1, -0.05) is 30.7 Å². The standard InChI is InChI=1S/C16H23ClN4/c1-4-15(18)16(13-6-5-7-14(17)8-13)20(2)10-12-9-19-21(3)11-12/h5-9,11,15-16H,4,10,18H2,1-3H3. The van der Waals surface area contributed by atoms with Crippen molar-refractivity contribution in [1.82, 2.24) is 14.7 Å². The Kier molecular flexibility index (Phi) is 5.39. The molecular formula is C16H23ClN4. The Morgan fingerprint density at radius 1 is 1.43 bits per heavy atom. The normalized spacial score (nSPS) is 14.4. The fourth-order valence-electron chi connectivity index (χ4n) is 2.68. The first-order valence-electron chi connectivity index (χ1n) is 7.20. The van der Waals surface area contributed by atoms with E-state index in [0.29, 0.717) is 0 Å². The van der Waals surface area contributed by atoms with Crippen LogP contribution in [0.15, 0.2) is 36.7 Å². The maximum atomic E-state index is 6.35. The Morgan fingerprint density at radius 3 is 2.76 bits per heavy atom. The van der Waals surface area contributed by atoms with Crippen molar-refractivity contribution in [2.45, 2.75) is 32.0 Å². The van der Waals surface area contributed by atoms with Gasteiger partial charge in [0.25, 0.3) is 0 Å². The van der Waals surface area contributed by atoms with Gasteiger partial charge in [-0.25, -0.2) is 0 Å². The van der Waals surface area contributed by atoms with E-state index in [2.05, 4.69) is 30.0 Å². The molecule has 0 aliphatic rings. The van der Waals surface area contributed by atoms with Crippen molar-refractivity contribution in [2.75, 3.05) is 7.05 Å². The maximum Gasteiger partial charge on any atom is 0.0534 e. The van der Waals surface area contributed by atoms with Crippen molar-refractivity contribution in [3.8, 4) is 0 Å². The van der Waals surface area contributed by atoms with Crippen molar-refractivity contribution in [2.24, 2.45) is 12.8 Å². The molecule has 2 unspecified atom stereocenters. The highest BCUT2D eigenvalue weighted by Gasteiger charge is 2.23. The van der Waals surface area contributed by atoms with E-state index < -0.39 is 0 Å². The lowest BCUT2D eigenvalue weighted by Crippen LogP contribution is -2.38. The molecule has 5 heteroatoms. The van der Waals surface area contributed by atoms with Gasteiger partial charge in [0.15, 0.2) is 0 Å². The van der Waals surface area contributed by atoms with Crippen LogP contribution < -0.4 is 5.73 Å². The van der Waals surface area contributed by atoms with E-state index in [-0.39, 0.29) is 12.1 Å². The molecule has 1 aromatic heterocycles. The molecule has 0 aliphatic heterocycles. The molecule has 2 atom stereocenters. The minimum Gasteiger partial charge on any atom is -0.326 e. The molecule has 0 bridgehead atoms. The largest absolute Gasteiger partial charge is 0.326 e. The summed E-state index contributed by atoms with van der Waals surface area (Å²) in [6.07, 6.45) is 4.83. The van der Waals surface area contributed by atoms with Gasteiger partial charge in [0.1, 0.15) is 0 Å². The Morgan fingerprint density at radius 2 is 2.19 bits per heavy atom. The summed E-state index contributed by atoms with van der Waals surface area (Å²) in [5.74, 6) is 0. The molecule has 21 heavy (non-hydrogen) atoms. The smallest absolute Gasteiger partial charge is 0.0534 e. The van der Waals surface area contributed by atoms with Crippen molar-refractivity contribution < 1.29 is 0 Å². The summed E-state index contributed by atoms with van der Waals surface area (Å²) in [5.41, 5.74) is 8.69. The van der Waals surface area contributed by atoms with Gasteiger partial charge in [0.05, 0.1) is 6.20 Å². The highest BCUT2D eigenvalue weighted by atomic mass is 35.5. The zero-order valence-electron chi connectivity index (χ0n) is 12.8. The summed E-state index contributed by atoms with van der Waals surface area (Å²) in [4.78, 5) is 2.26. The summed E-state index contributed by atoms with van der Waals surface area (Å²) in [6, 6.07) is 8.15. The Labute approximate surface area is 131 Å². The summed E-state index contributed by atoms with van der Waals surface area (Å²) >= 11 is 6.13. The molecule has 2 rings (SSSR count). The molecule has 0 saturated heterocycles. The highest BCUT2D eigenvalue weighted by Crippen LogP contribution is 2.27. The van der Waals surface area contributed by atoms with E-state index in [1.54, 1.807) is 0 Å². The van der Waals surface area contributed by atoms with Crippen LogP contribution in [0, 0.1) is 0 Å². The van der Waals surface area contributed by atoms with Gasteiger partial charge < -0.3 is 5.73 Å². The molecule has 1 aromatic carbocycles. The van der Waals surface area contributed by atoms with Gasteiger partial charge in [-0.3, -0.25) is 9.58 Å². The number of aryl methyl sites for hydroxylation is 1. The number of likely N-dealkylation sites (N-methyl/N-ethyl adjacent to an activating group) is 1. The molecule has 114 valence electrons. The fourth-order valence-corrected chi connectivity index (χ4v) is 2.88. The average Bonchev–Trinajstić information content (AvgIpc) is 2.84. The second kappa shape index (κ2) is 7.07. The van der Waals surface area contributed by atoms with Gasteiger partial charge >= 0.3 is 0 Å². The topological polar surface area (TPSA) is 47.1 Å². The Hall–Kier alpha value is -1.36. The number of nitrogens with zero attached hydrogens (tertiary/aromatic N) is 3. The lowest BCUT2D eigenvalue weighted by molar-refractivity contribution is 0.201. The highest BCUT2D eigenvalue weighted by molar-refractivity contribution is 6.30. The zero-order chi connectivity index (χ0) is 15.4. The van der Waals surface area contributed by atoms with E-state index >= 15 is 0 Å². The third-order valence-corrected chi connectivity index (χ3v) is 3.97. The van der Waals surface area contributed by atoms with E-state index in [9.17, 15) is 0 Å². The van der Waals surface area contributed by atoms with Crippen LogP contribution >= 0.6 is 11.6 Å². The number of rotatable bonds is 6. The van der Waals surface area contributed by atoms with E-state index in [0.717, 1.165) is 23.6 Å². The summed E-state index contributed by atoms with van der Waals surface area (Å²) < 4.78 is 1.82. The molecule has 2 N–H and O–H groups in total. The van der Waals surface area contributed by atoms with Gasteiger partial charge in [-0.15, -0.1) is 0 Å². The minimum atomic E-state index is 0.0603. The molecule has 0 aliphatic carbocycles. The molecule has 2 aromatic rings. The van der Waals surface area contributed by atoms with Crippen molar-refractivity contribution >= 4 is 11.6 Å². The van der Waals surface area contributed by atoms with Crippen LogP contribution in [0.5, 0.6) is 0 Å². The predicted molar refractivity (Wildman–Crippen MR) is 87.1 cm³/mol. The first-order chi connectivity index (χ1) is 10.0. The van der Waals surface area contributed by atoms with Crippen molar-refractivity contribution in [3.05, 3.63) is 52.8 Å². The number of hydrogen-bond acceptors (Lipinski definition) is 3. The van der Waals surface area contributed by atoms with Crippen LogP contribution in [-0.2, 0) is 13.6 Å². The summed E-state index contributed by atoms with van der Waals surface area (Å²) in [6.45, 7) is 2.92. The summed E-state index contributed by atoms with van der Waals surface area (Å²) in [5, 5.41) is 4.96. The first-order valence-corrected chi connectivity index (χ1v) is 7.58. The van der Waals surface area contributed by atoms with Gasteiger partial charge in [-0.05, 0) is 31.2 Å². The fraction of sp³-hybridized carbons (Fsp3) is 0.438. The van der Waals surface area contributed by atoms with E-state index in [1.807, 2.05) is 42.3 Å². The first kappa shape index (κ1) is 16.0. The van der Waals surface area contributed by atoms with Gasteiger partial charge in [0, 0.05) is 42.5 Å². The van der Waals surface area contributed by atoms with Crippen LogP contribution in [-0.4, -0.2) is 27.8 Å². The van der Waals surface area contributed by atoms with Crippen LogP contribution in [0.3, 0.4) is 0 Å². The van der Waals surface area contributed by atoms with Crippen LogP contribution in [0.2, 0.25) is 5.02 Å².